The maximum absolute atomic E-state index is 11.8. The molecule has 0 amide bonds. The number of anilines is 2. The molecule has 2 aromatic carbocycles. The van der Waals surface area contributed by atoms with Gasteiger partial charge in [0.25, 0.3) is 5.89 Å². The number of terminal acetylenes is 1. The molecule has 8 nitrogen and oxygen atoms in total. The zero-order valence-corrected chi connectivity index (χ0v) is 24.2. The van der Waals surface area contributed by atoms with Crippen molar-refractivity contribution >= 4 is 23.0 Å². The van der Waals surface area contributed by atoms with Gasteiger partial charge in [-0.15, -0.1) is 23.0 Å². The van der Waals surface area contributed by atoms with E-state index in [0.29, 0.717) is 11.8 Å². The van der Waals surface area contributed by atoms with Gasteiger partial charge in [-0.2, -0.15) is 0 Å². The second-order valence-corrected chi connectivity index (χ2v) is 10.4. The van der Waals surface area contributed by atoms with Gasteiger partial charge in [-0.05, 0) is 69.9 Å². The molecule has 0 unspecified atom stereocenters. The van der Waals surface area contributed by atoms with E-state index in [1.165, 1.54) is 0 Å². The fourth-order valence-corrected chi connectivity index (χ4v) is 4.41. The van der Waals surface area contributed by atoms with E-state index in [1.807, 2.05) is 33.9 Å². The number of hydrogen-bond donors (Lipinski definition) is 2. The van der Waals surface area contributed by atoms with Gasteiger partial charge in [0.1, 0.15) is 5.70 Å². The molecular formula is C31H40N4O4. The quantitative estimate of drug-likeness (QED) is 0.408. The van der Waals surface area contributed by atoms with Crippen molar-refractivity contribution in [2.24, 2.45) is 0 Å². The van der Waals surface area contributed by atoms with E-state index in [-0.39, 0.29) is 6.42 Å². The molecule has 39 heavy (non-hydrogen) atoms. The van der Waals surface area contributed by atoms with E-state index in [9.17, 15) is 9.90 Å². The highest BCUT2D eigenvalue weighted by Gasteiger charge is 2.30. The maximum atomic E-state index is 11.8. The first-order valence-corrected chi connectivity index (χ1v) is 12.8. The summed E-state index contributed by atoms with van der Waals surface area (Å²) in [7, 11) is 2.05. The van der Waals surface area contributed by atoms with Crippen molar-refractivity contribution in [2.45, 2.75) is 60.5 Å². The van der Waals surface area contributed by atoms with Gasteiger partial charge in [0.15, 0.2) is 0 Å². The predicted octanol–water partition coefficient (Wildman–Crippen LogP) is 5.63. The summed E-state index contributed by atoms with van der Waals surface area (Å²) in [6.07, 6.45) is 9.95. The van der Waals surface area contributed by atoms with Gasteiger partial charge in [0, 0.05) is 27.1 Å². The summed E-state index contributed by atoms with van der Waals surface area (Å²) in [6, 6.07) is 10.3. The average molecular weight is 533 g/mol. The Kier molecular flexibility index (Phi) is 10.5. The number of hydrogen-bond acceptors (Lipinski definition) is 7. The first-order chi connectivity index (χ1) is 18.3. The standard InChI is InChI=1S/C25H28N4O3.C4H10O.C2H2/c1-6-21(25-27-26-17(4)32-25)29-12-11-28(5)24-16(3)19(14-23(30)31)20(13-22(24)29)18-9-7-15(2)8-10-18;1-4(2,3)5;1-2/h6-10,13H,11-12,14H2,1-5H3,(H,30,31);5H,1-3H3;1-2H/b21-6-;;. The van der Waals surface area contributed by atoms with Crippen molar-refractivity contribution in [3.05, 3.63) is 64.9 Å². The Hall–Kier alpha value is -4.09. The molecule has 0 aliphatic carbocycles. The van der Waals surface area contributed by atoms with Crippen molar-refractivity contribution in [2.75, 3.05) is 29.9 Å². The SMILES string of the molecule is C#C.C/C=C(/c1nnc(C)o1)N1CCN(C)c2c1cc(-c1ccc(C)cc1)c(CC(=O)O)c2C.CC(C)(C)O. The van der Waals surface area contributed by atoms with Gasteiger partial charge in [-0.25, -0.2) is 0 Å². The van der Waals surface area contributed by atoms with Crippen molar-refractivity contribution in [1.82, 2.24) is 10.2 Å². The Labute approximate surface area is 232 Å². The largest absolute Gasteiger partial charge is 0.481 e. The number of carboxylic acid groups (broad SMARTS) is 1. The van der Waals surface area contributed by atoms with Crippen molar-refractivity contribution in [3.8, 4) is 24.0 Å². The van der Waals surface area contributed by atoms with Crippen LogP contribution in [0.1, 0.15) is 56.2 Å². The Balaban J connectivity index is 0.000000686. The van der Waals surface area contributed by atoms with Gasteiger partial charge < -0.3 is 24.4 Å². The maximum Gasteiger partial charge on any atom is 0.307 e. The molecule has 0 saturated heterocycles. The van der Waals surface area contributed by atoms with Crippen LogP contribution in [0.2, 0.25) is 0 Å². The number of allylic oxidation sites excluding steroid dienone is 1. The van der Waals surface area contributed by atoms with Crippen LogP contribution in [0.5, 0.6) is 0 Å². The summed E-state index contributed by atoms with van der Waals surface area (Å²) in [4.78, 5) is 16.1. The minimum atomic E-state index is -0.841. The Morgan fingerprint density at radius 1 is 1.10 bits per heavy atom. The number of carbonyl (C=O) groups is 1. The van der Waals surface area contributed by atoms with Crippen LogP contribution in [0.25, 0.3) is 16.8 Å². The second-order valence-electron chi connectivity index (χ2n) is 10.4. The summed E-state index contributed by atoms with van der Waals surface area (Å²) in [5.74, 6) is 0.152. The van der Waals surface area contributed by atoms with E-state index in [1.54, 1.807) is 27.7 Å². The molecule has 8 heteroatoms. The van der Waals surface area contributed by atoms with E-state index in [4.69, 9.17) is 9.52 Å². The van der Waals surface area contributed by atoms with Crippen LogP contribution in [0.4, 0.5) is 11.4 Å². The molecule has 0 spiro atoms. The molecule has 4 rings (SSSR count). The molecule has 2 N–H and O–H groups in total. The molecular weight excluding hydrogens is 492 g/mol. The minimum Gasteiger partial charge on any atom is -0.481 e. The minimum absolute atomic E-state index is 0.0323. The van der Waals surface area contributed by atoms with Gasteiger partial charge in [-0.1, -0.05) is 35.9 Å². The lowest BCUT2D eigenvalue weighted by atomic mass is 9.90. The Bertz CT molecular complexity index is 1330. The van der Waals surface area contributed by atoms with Crippen LogP contribution in [0, 0.1) is 33.6 Å². The second kappa shape index (κ2) is 13.1. The predicted molar refractivity (Wildman–Crippen MR) is 158 cm³/mol. The number of nitrogens with zero attached hydrogens (tertiary/aromatic N) is 4. The van der Waals surface area contributed by atoms with Crippen LogP contribution in [0.3, 0.4) is 0 Å². The number of aryl methyl sites for hydroxylation is 2. The van der Waals surface area contributed by atoms with E-state index >= 15 is 0 Å². The molecule has 0 fully saturated rings. The number of fused-ring (bicyclic) bond motifs is 1. The Morgan fingerprint density at radius 3 is 2.18 bits per heavy atom. The van der Waals surface area contributed by atoms with Gasteiger partial charge >= 0.3 is 5.97 Å². The molecule has 1 aromatic heterocycles. The molecule has 0 radical (unpaired) electrons. The molecule has 1 aliphatic heterocycles. The summed E-state index contributed by atoms with van der Waals surface area (Å²) >= 11 is 0. The third-order valence-corrected chi connectivity index (χ3v) is 5.99. The first-order valence-electron chi connectivity index (χ1n) is 12.8. The molecule has 208 valence electrons. The number of benzene rings is 2. The van der Waals surface area contributed by atoms with Crippen LogP contribution < -0.4 is 9.80 Å². The fourth-order valence-electron chi connectivity index (χ4n) is 4.41. The third-order valence-electron chi connectivity index (χ3n) is 5.99. The van der Waals surface area contributed by atoms with E-state index in [2.05, 4.69) is 63.2 Å². The number of rotatable bonds is 5. The van der Waals surface area contributed by atoms with Crippen LogP contribution >= 0.6 is 0 Å². The van der Waals surface area contributed by atoms with Gasteiger partial charge in [0.2, 0.25) is 5.89 Å². The first kappa shape index (κ1) is 31.1. The monoisotopic (exact) mass is 532 g/mol. The van der Waals surface area contributed by atoms with Crippen molar-refractivity contribution < 1.29 is 19.4 Å². The summed E-state index contributed by atoms with van der Waals surface area (Å²) in [5.41, 5.74) is 7.29. The van der Waals surface area contributed by atoms with Gasteiger partial charge in [0.05, 0.1) is 23.4 Å². The number of aliphatic carboxylic acids is 1. The topological polar surface area (TPSA) is 103 Å². The number of aliphatic hydroxyl groups is 1. The summed E-state index contributed by atoms with van der Waals surface area (Å²) in [5, 5.41) is 26.4. The Morgan fingerprint density at radius 2 is 1.69 bits per heavy atom. The number of aromatic nitrogens is 2. The molecule has 2 heterocycles. The number of likely N-dealkylation sites (N-methyl/N-ethyl adjacent to an activating group) is 1. The normalized spacial score (nSPS) is 13.1. The lowest BCUT2D eigenvalue weighted by molar-refractivity contribution is -0.136. The van der Waals surface area contributed by atoms with Crippen LogP contribution in [-0.4, -0.2) is 52.1 Å². The number of carboxylic acids is 1. The van der Waals surface area contributed by atoms with Crippen molar-refractivity contribution in [1.29, 1.82) is 0 Å². The summed E-state index contributed by atoms with van der Waals surface area (Å²) in [6.45, 7) is 14.6. The average Bonchev–Trinajstić information content (AvgIpc) is 3.28. The third kappa shape index (κ3) is 7.95. The lowest BCUT2D eigenvalue weighted by Crippen LogP contribution is -2.39. The van der Waals surface area contributed by atoms with E-state index in [0.717, 1.165) is 58.0 Å². The molecule has 3 aromatic rings. The van der Waals surface area contributed by atoms with Gasteiger partial charge in [-0.3, -0.25) is 4.79 Å². The van der Waals surface area contributed by atoms with E-state index < -0.39 is 11.6 Å². The highest BCUT2D eigenvalue weighted by atomic mass is 16.4. The smallest absolute Gasteiger partial charge is 0.307 e. The summed E-state index contributed by atoms with van der Waals surface area (Å²) < 4.78 is 5.74. The molecule has 0 saturated carbocycles. The van der Waals surface area contributed by atoms with Crippen molar-refractivity contribution in [3.63, 3.8) is 0 Å². The highest BCUT2D eigenvalue weighted by molar-refractivity contribution is 5.92. The lowest BCUT2D eigenvalue weighted by Gasteiger charge is -2.39. The molecule has 1 aliphatic rings. The molecule has 0 bridgehead atoms. The molecule has 0 atom stereocenters. The fraction of sp³-hybridized carbons (Fsp3) is 0.387. The zero-order chi connectivity index (χ0) is 29.5. The van der Waals surface area contributed by atoms with Crippen LogP contribution in [-0.2, 0) is 11.2 Å². The van der Waals surface area contributed by atoms with Crippen LogP contribution in [0.15, 0.2) is 40.8 Å². The highest BCUT2D eigenvalue weighted by Crippen LogP contribution is 2.44. The zero-order valence-electron chi connectivity index (χ0n) is 24.2.